The highest BCUT2D eigenvalue weighted by molar-refractivity contribution is 5.82. The molecule has 0 spiro atoms. The molecule has 0 bridgehead atoms. The first kappa shape index (κ1) is 14.8. The average molecular weight is 292 g/mol. The van der Waals surface area contributed by atoms with Crippen molar-refractivity contribution >= 4 is 11.5 Å². The number of halogens is 3. The topological polar surface area (TPSA) is 26.3 Å². The molecule has 2 aromatic rings. The van der Waals surface area contributed by atoms with Crippen LogP contribution in [0.25, 0.3) is 5.57 Å². The van der Waals surface area contributed by atoms with Crippen LogP contribution in [0.3, 0.4) is 0 Å². The molecule has 2 aromatic carbocycles. The SMILES string of the molecule is O=C(OC=C(c1ccccc1)c1ccccc1)C(F)(F)F. The van der Waals surface area contributed by atoms with E-state index in [1.165, 1.54) is 0 Å². The molecular weight excluding hydrogens is 281 g/mol. The Kier molecular flexibility index (Phi) is 4.42. The van der Waals surface area contributed by atoms with Crippen molar-refractivity contribution in [3.8, 4) is 0 Å². The minimum Gasteiger partial charge on any atom is -0.427 e. The first-order chi connectivity index (χ1) is 9.98. The zero-order valence-electron chi connectivity index (χ0n) is 10.8. The number of carbonyl (C=O) groups excluding carboxylic acids is 1. The normalized spacial score (nSPS) is 10.8. The minimum absolute atomic E-state index is 0.397. The molecule has 108 valence electrons. The van der Waals surface area contributed by atoms with Crippen molar-refractivity contribution in [1.82, 2.24) is 0 Å². The summed E-state index contributed by atoms with van der Waals surface area (Å²) in [4.78, 5) is 10.8. The van der Waals surface area contributed by atoms with Crippen molar-refractivity contribution in [1.29, 1.82) is 0 Å². The lowest BCUT2D eigenvalue weighted by Gasteiger charge is -2.09. The fourth-order valence-corrected chi connectivity index (χ4v) is 1.72. The molecule has 0 unspecified atom stereocenters. The van der Waals surface area contributed by atoms with E-state index in [0.29, 0.717) is 16.7 Å². The largest absolute Gasteiger partial charge is 0.491 e. The smallest absolute Gasteiger partial charge is 0.427 e. The Morgan fingerprint density at radius 3 is 1.67 bits per heavy atom. The van der Waals surface area contributed by atoms with Crippen molar-refractivity contribution in [3.05, 3.63) is 78.1 Å². The number of ether oxygens (including phenoxy) is 1. The summed E-state index contributed by atoms with van der Waals surface area (Å²) in [5, 5.41) is 0. The van der Waals surface area contributed by atoms with Crippen LogP contribution in [0.15, 0.2) is 66.9 Å². The van der Waals surface area contributed by atoms with Crippen molar-refractivity contribution < 1.29 is 22.7 Å². The molecule has 0 saturated carbocycles. The van der Waals surface area contributed by atoms with Gasteiger partial charge < -0.3 is 4.74 Å². The molecule has 0 fully saturated rings. The van der Waals surface area contributed by atoms with E-state index in [0.717, 1.165) is 6.26 Å². The van der Waals surface area contributed by atoms with E-state index in [1.54, 1.807) is 60.7 Å². The lowest BCUT2D eigenvalue weighted by atomic mass is 9.99. The number of hydrogen-bond acceptors (Lipinski definition) is 2. The number of alkyl halides is 3. The molecule has 0 N–H and O–H groups in total. The van der Waals surface area contributed by atoms with Gasteiger partial charge in [-0.2, -0.15) is 13.2 Å². The third-order valence-electron chi connectivity index (χ3n) is 2.68. The predicted molar refractivity (Wildman–Crippen MR) is 72.1 cm³/mol. The van der Waals surface area contributed by atoms with Gasteiger partial charge in [-0.15, -0.1) is 0 Å². The zero-order valence-corrected chi connectivity index (χ0v) is 10.8. The van der Waals surface area contributed by atoms with Crippen LogP contribution in [0.1, 0.15) is 11.1 Å². The Bertz CT molecular complexity index is 590. The molecule has 0 aromatic heterocycles. The summed E-state index contributed by atoms with van der Waals surface area (Å²) in [7, 11) is 0. The predicted octanol–water partition coefficient (Wildman–Crippen LogP) is 4.18. The van der Waals surface area contributed by atoms with Gasteiger partial charge >= 0.3 is 12.1 Å². The van der Waals surface area contributed by atoms with Crippen LogP contribution >= 0.6 is 0 Å². The van der Waals surface area contributed by atoms with E-state index in [2.05, 4.69) is 4.74 Å². The van der Waals surface area contributed by atoms with Crippen molar-refractivity contribution in [2.75, 3.05) is 0 Å². The van der Waals surface area contributed by atoms with E-state index in [9.17, 15) is 18.0 Å². The Labute approximate surface area is 119 Å². The van der Waals surface area contributed by atoms with E-state index in [-0.39, 0.29) is 0 Å². The number of benzene rings is 2. The summed E-state index contributed by atoms with van der Waals surface area (Å²) in [6, 6.07) is 17.5. The Hall–Kier alpha value is -2.56. The van der Waals surface area contributed by atoms with Crippen LogP contribution in [0.2, 0.25) is 0 Å². The van der Waals surface area contributed by atoms with Gasteiger partial charge in [-0.1, -0.05) is 60.7 Å². The second-order valence-electron chi connectivity index (χ2n) is 4.17. The van der Waals surface area contributed by atoms with Gasteiger partial charge in [0.2, 0.25) is 0 Å². The summed E-state index contributed by atoms with van der Waals surface area (Å²) in [5.41, 5.74) is 1.70. The number of rotatable bonds is 3. The summed E-state index contributed by atoms with van der Waals surface area (Å²) >= 11 is 0. The highest BCUT2D eigenvalue weighted by atomic mass is 19.4. The minimum atomic E-state index is -5.02. The van der Waals surface area contributed by atoms with Gasteiger partial charge in [0, 0.05) is 5.57 Å². The lowest BCUT2D eigenvalue weighted by molar-refractivity contribution is -0.193. The first-order valence-corrected chi connectivity index (χ1v) is 6.07. The summed E-state index contributed by atoms with van der Waals surface area (Å²) in [6.45, 7) is 0. The van der Waals surface area contributed by atoms with Crippen LogP contribution in [-0.4, -0.2) is 12.1 Å². The van der Waals surface area contributed by atoms with Crippen molar-refractivity contribution in [3.63, 3.8) is 0 Å². The molecule has 2 rings (SSSR count). The highest BCUT2D eigenvalue weighted by Gasteiger charge is 2.40. The fourth-order valence-electron chi connectivity index (χ4n) is 1.72. The Morgan fingerprint density at radius 2 is 1.29 bits per heavy atom. The second kappa shape index (κ2) is 6.26. The van der Waals surface area contributed by atoms with Crippen LogP contribution < -0.4 is 0 Å². The van der Waals surface area contributed by atoms with Crippen LogP contribution in [-0.2, 0) is 9.53 Å². The number of esters is 1. The van der Waals surface area contributed by atoms with Gasteiger partial charge in [0.05, 0.1) is 0 Å². The van der Waals surface area contributed by atoms with Gasteiger partial charge in [0.1, 0.15) is 6.26 Å². The molecule has 0 saturated heterocycles. The van der Waals surface area contributed by atoms with E-state index in [1.807, 2.05) is 0 Å². The Morgan fingerprint density at radius 1 is 0.857 bits per heavy atom. The van der Waals surface area contributed by atoms with Gasteiger partial charge in [-0.05, 0) is 11.1 Å². The molecule has 0 aliphatic carbocycles. The quantitative estimate of drug-likeness (QED) is 0.626. The third kappa shape index (κ3) is 3.95. The molecule has 0 heterocycles. The molecule has 21 heavy (non-hydrogen) atoms. The maximum Gasteiger partial charge on any atom is 0.491 e. The van der Waals surface area contributed by atoms with E-state index in [4.69, 9.17) is 0 Å². The molecule has 0 amide bonds. The van der Waals surface area contributed by atoms with Crippen molar-refractivity contribution in [2.45, 2.75) is 6.18 Å². The highest BCUT2D eigenvalue weighted by Crippen LogP contribution is 2.24. The standard InChI is InChI=1S/C16H11F3O2/c17-16(18,19)15(20)21-11-14(12-7-3-1-4-8-12)13-9-5-2-6-10-13/h1-11H. The van der Waals surface area contributed by atoms with Crippen LogP contribution in [0.5, 0.6) is 0 Å². The Balaban J connectivity index is 2.36. The summed E-state index contributed by atoms with van der Waals surface area (Å²) in [6.07, 6.45) is -4.19. The first-order valence-electron chi connectivity index (χ1n) is 6.07. The summed E-state index contributed by atoms with van der Waals surface area (Å²) < 4.78 is 40.9. The molecule has 0 aliphatic rings. The molecule has 0 atom stereocenters. The molecule has 0 radical (unpaired) electrons. The monoisotopic (exact) mass is 292 g/mol. The summed E-state index contributed by atoms with van der Waals surface area (Å²) in [5.74, 6) is -2.24. The molecule has 5 heteroatoms. The number of hydrogen-bond donors (Lipinski definition) is 0. The van der Waals surface area contributed by atoms with E-state index >= 15 is 0 Å². The van der Waals surface area contributed by atoms with Crippen LogP contribution in [0, 0.1) is 0 Å². The second-order valence-corrected chi connectivity index (χ2v) is 4.17. The van der Waals surface area contributed by atoms with Crippen LogP contribution in [0.4, 0.5) is 13.2 Å². The zero-order chi connectivity index (χ0) is 15.3. The van der Waals surface area contributed by atoms with Gasteiger partial charge in [-0.3, -0.25) is 0 Å². The average Bonchev–Trinajstić information content (AvgIpc) is 2.48. The molecular formula is C16H11F3O2. The van der Waals surface area contributed by atoms with Gasteiger partial charge in [0.15, 0.2) is 0 Å². The van der Waals surface area contributed by atoms with E-state index < -0.39 is 12.1 Å². The maximum absolute atomic E-state index is 12.2. The lowest BCUT2D eigenvalue weighted by Crippen LogP contribution is -2.23. The van der Waals surface area contributed by atoms with Gasteiger partial charge in [0.25, 0.3) is 0 Å². The fraction of sp³-hybridized carbons (Fsp3) is 0.0625. The maximum atomic E-state index is 12.2. The third-order valence-corrected chi connectivity index (χ3v) is 2.68. The van der Waals surface area contributed by atoms with Gasteiger partial charge in [-0.25, -0.2) is 4.79 Å². The van der Waals surface area contributed by atoms with Crippen molar-refractivity contribution in [2.24, 2.45) is 0 Å². The molecule has 2 nitrogen and oxygen atoms in total. The molecule has 0 aliphatic heterocycles. The number of carbonyl (C=O) groups is 1.